The van der Waals surface area contributed by atoms with E-state index in [1.54, 1.807) is 42.5 Å². The van der Waals surface area contributed by atoms with E-state index in [9.17, 15) is 4.39 Å². The number of benzene rings is 12. The molecule has 0 amide bonds. The average Bonchev–Trinajstić information content (AvgIpc) is 0.722. The van der Waals surface area contributed by atoms with Crippen LogP contribution in [0, 0.1) is 46.5 Å². The van der Waals surface area contributed by atoms with Gasteiger partial charge >= 0.3 is 0 Å². The van der Waals surface area contributed by atoms with Crippen LogP contribution in [0.25, 0.3) is 166 Å². The molecule has 16 aromatic rings. The first-order valence-corrected chi connectivity index (χ1v) is 29.2. The highest BCUT2D eigenvalue weighted by atomic mass is 19.2. The van der Waals surface area contributed by atoms with Crippen molar-refractivity contribution in [3.8, 4) is 101 Å². The Balaban J connectivity index is 0.949. The third kappa shape index (κ3) is 9.08. The van der Waals surface area contributed by atoms with Gasteiger partial charge in [0, 0.05) is 71.3 Å². The van der Waals surface area contributed by atoms with E-state index in [0.29, 0.717) is 128 Å². The summed E-state index contributed by atoms with van der Waals surface area (Å²) < 4.78 is 125. The van der Waals surface area contributed by atoms with E-state index in [4.69, 9.17) is 29.9 Å². The van der Waals surface area contributed by atoms with Crippen LogP contribution in [0.4, 0.5) is 35.1 Å². The van der Waals surface area contributed by atoms with Crippen molar-refractivity contribution in [1.82, 2.24) is 29.9 Å². The van der Waals surface area contributed by atoms with Crippen LogP contribution in [0.5, 0.6) is 0 Å². The largest absolute Gasteiger partial charge is 0.247 e. The first-order chi connectivity index (χ1) is 44.9. The highest BCUT2D eigenvalue weighted by Gasteiger charge is 2.32. The first-order valence-electron chi connectivity index (χ1n) is 29.2. The highest BCUT2D eigenvalue weighted by Crippen LogP contribution is 2.48. The molecule has 438 valence electrons. The van der Waals surface area contributed by atoms with E-state index in [-0.39, 0.29) is 33.2 Å². The van der Waals surface area contributed by atoms with Crippen LogP contribution in [0.1, 0.15) is 0 Å². The first kappa shape index (κ1) is 55.4. The Kier molecular flexibility index (Phi) is 13.2. The molecule has 0 fully saturated rings. The number of pyridine rings is 2. The number of halogens is 8. The van der Waals surface area contributed by atoms with Crippen LogP contribution in [-0.4, -0.2) is 29.9 Å². The number of hydrogen-bond donors (Lipinski definition) is 0. The van der Waals surface area contributed by atoms with Gasteiger partial charge < -0.3 is 0 Å². The van der Waals surface area contributed by atoms with Gasteiger partial charge in [-0.25, -0.2) is 65.0 Å². The summed E-state index contributed by atoms with van der Waals surface area (Å²) in [5, 5.41) is 2.57. The van der Waals surface area contributed by atoms with E-state index in [1.165, 1.54) is 6.07 Å². The Bertz CT molecular complexity index is 5690. The quantitative estimate of drug-likeness (QED) is 0.0620. The molecule has 0 unspecified atom stereocenters. The molecule has 4 aromatic heterocycles. The average molecular weight is 1210 g/mol. The fourth-order valence-corrected chi connectivity index (χ4v) is 12.6. The van der Waals surface area contributed by atoms with Crippen LogP contribution in [-0.2, 0) is 0 Å². The molecule has 0 saturated carbocycles. The predicted molar refractivity (Wildman–Crippen MR) is 347 cm³/mol. The fourth-order valence-electron chi connectivity index (χ4n) is 12.6. The van der Waals surface area contributed by atoms with Gasteiger partial charge in [0.25, 0.3) is 0 Å². The standard InChI is InChI=1S/C78H40F8N6/c79-54-37-49(38-55(80)65(54)81)52-39-58-77(60-50-31-13-15-33-56(50)87-71(62(52)60)41-19-5-1-6-20-41)92-76(74(89-58)43-23-9-3-10-24-43)48-30-18-28-46(36-48)45-27-17-29-47(35-45)72-63-53(64-66(82)68(84)70(86)69(85)67(64)83)40-59-78(61(63)51-32-14-16-34-57(51)88-72)91-75(44-25-11-4-12-26-44)73(90-59)42-21-7-2-8-22-42/h1-40H. The van der Waals surface area contributed by atoms with Crippen molar-refractivity contribution in [1.29, 1.82) is 0 Å². The van der Waals surface area contributed by atoms with E-state index >= 15 is 30.7 Å². The SMILES string of the molecule is Fc1cc(-c2cc3nc(-c4ccccc4)c(-c4cccc(-c5cccc(-c6nc7ccccc7c7c6c(-c6c(F)c(F)c(F)c(F)c6F)cc6nc(-c8ccccc8)c(-c8ccccc8)nc67)c5)c4)nc3c3c2c(-c2ccccc2)nc2ccccc23)cc(F)c1F. The van der Waals surface area contributed by atoms with Crippen molar-refractivity contribution >= 4 is 65.4 Å². The maximum Gasteiger partial charge on any atom is 0.200 e. The summed E-state index contributed by atoms with van der Waals surface area (Å²) in [7, 11) is 0. The van der Waals surface area contributed by atoms with Gasteiger partial charge in [0.15, 0.2) is 40.7 Å². The number of hydrogen-bond acceptors (Lipinski definition) is 6. The molecule has 0 bridgehead atoms. The van der Waals surface area contributed by atoms with Crippen molar-refractivity contribution in [2.24, 2.45) is 0 Å². The molecular formula is C78H40F8N6. The lowest BCUT2D eigenvalue weighted by atomic mass is 9.89. The zero-order valence-corrected chi connectivity index (χ0v) is 47.8. The molecular weight excluding hydrogens is 1170 g/mol. The van der Waals surface area contributed by atoms with E-state index in [0.717, 1.165) is 12.1 Å². The molecule has 0 aliphatic carbocycles. The lowest BCUT2D eigenvalue weighted by molar-refractivity contribution is 0.381. The number of aromatic nitrogens is 6. The number of nitrogens with zero attached hydrogens (tertiary/aromatic N) is 6. The topological polar surface area (TPSA) is 77.3 Å². The Hall–Kier alpha value is -11.9. The smallest absolute Gasteiger partial charge is 0.200 e. The van der Waals surface area contributed by atoms with Gasteiger partial charge in [-0.2, -0.15) is 0 Å². The zero-order valence-electron chi connectivity index (χ0n) is 47.8. The summed E-state index contributed by atoms with van der Waals surface area (Å²) in [5.41, 5.74) is 8.68. The van der Waals surface area contributed by atoms with Crippen LogP contribution >= 0.6 is 0 Å². The van der Waals surface area contributed by atoms with Gasteiger partial charge in [-0.15, -0.1) is 0 Å². The van der Waals surface area contributed by atoms with Crippen molar-refractivity contribution in [2.75, 3.05) is 0 Å². The van der Waals surface area contributed by atoms with Gasteiger partial charge in [-0.05, 0) is 70.8 Å². The maximum absolute atomic E-state index is 16.7. The lowest BCUT2D eigenvalue weighted by Gasteiger charge is -2.19. The van der Waals surface area contributed by atoms with Crippen molar-refractivity contribution in [3.63, 3.8) is 0 Å². The van der Waals surface area contributed by atoms with E-state index < -0.39 is 52.1 Å². The third-order valence-electron chi connectivity index (χ3n) is 16.8. The van der Waals surface area contributed by atoms with Crippen LogP contribution in [0.3, 0.4) is 0 Å². The summed E-state index contributed by atoms with van der Waals surface area (Å²) in [4.78, 5) is 31.8. The van der Waals surface area contributed by atoms with E-state index in [1.807, 2.05) is 182 Å². The monoisotopic (exact) mass is 1210 g/mol. The van der Waals surface area contributed by atoms with Gasteiger partial charge in [0.2, 0.25) is 5.82 Å². The van der Waals surface area contributed by atoms with Crippen LogP contribution < -0.4 is 0 Å². The summed E-state index contributed by atoms with van der Waals surface area (Å²) in [6.45, 7) is 0. The molecule has 4 heterocycles. The number of rotatable bonds is 9. The molecule has 0 atom stereocenters. The molecule has 0 aliphatic heterocycles. The lowest BCUT2D eigenvalue weighted by Crippen LogP contribution is -2.06. The molecule has 0 spiro atoms. The molecule has 0 radical (unpaired) electrons. The third-order valence-corrected chi connectivity index (χ3v) is 16.8. The predicted octanol–water partition coefficient (Wildman–Crippen LogP) is 21.1. The molecule has 0 aliphatic rings. The fraction of sp³-hybridized carbons (Fsp3) is 0. The van der Waals surface area contributed by atoms with Crippen LogP contribution in [0.15, 0.2) is 243 Å². The van der Waals surface area contributed by atoms with E-state index in [2.05, 4.69) is 0 Å². The Morgan fingerprint density at radius 3 is 1.00 bits per heavy atom. The summed E-state index contributed by atoms with van der Waals surface area (Å²) in [5.74, 6) is -15.0. The van der Waals surface area contributed by atoms with Gasteiger partial charge in [-0.1, -0.05) is 194 Å². The molecule has 0 saturated heterocycles. The Labute approximate surface area is 518 Å². The minimum atomic E-state index is -2.31. The second-order valence-corrected chi connectivity index (χ2v) is 22.2. The summed E-state index contributed by atoms with van der Waals surface area (Å²) in [6.07, 6.45) is 0. The van der Waals surface area contributed by atoms with Crippen molar-refractivity contribution in [3.05, 3.63) is 289 Å². The highest BCUT2D eigenvalue weighted by molar-refractivity contribution is 6.27. The van der Waals surface area contributed by atoms with Gasteiger partial charge in [0.05, 0.1) is 72.8 Å². The normalized spacial score (nSPS) is 11.7. The number of para-hydroxylation sites is 2. The Morgan fingerprint density at radius 1 is 0.207 bits per heavy atom. The molecule has 16 rings (SSSR count). The Morgan fingerprint density at radius 2 is 0.533 bits per heavy atom. The zero-order chi connectivity index (χ0) is 62.5. The second-order valence-electron chi connectivity index (χ2n) is 22.2. The minimum absolute atomic E-state index is 0.0493. The molecule has 92 heavy (non-hydrogen) atoms. The summed E-state index contributed by atoms with van der Waals surface area (Å²) in [6, 6.07) is 71.8. The number of fused-ring (bicyclic) bond motifs is 10. The second kappa shape index (κ2) is 22.0. The van der Waals surface area contributed by atoms with Crippen molar-refractivity contribution in [2.45, 2.75) is 0 Å². The molecule has 6 nitrogen and oxygen atoms in total. The summed E-state index contributed by atoms with van der Waals surface area (Å²) >= 11 is 0. The molecule has 0 N–H and O–H groups in total. The maximum atomic E-state index is 16.7. The van der Waals surface area contributed by atoms with Crippen LogP contribution in [0.2, 0.25) is 0 Å². The van der Waals surface area contributed by atoms with Gasteiger partial charge in [-0.3, -0.25) is 0 Å². The molecule has 14 heteroatoms. The van der Waals surface area contributed by atoms with Crippen molar-refractivity contribution < 1.29 is 35.1 Å². The minimum Gasteiger partial charge on any atom is -0.247 e. The molecule has 12 aromatic carbocycles. The van der Waals surface area contributed by atoms with Gasteiger partial charge in [0.1, 0.15) is 0 Å².